The number of carbonyl (C=O) groups excluding carboxylic acids is 2. The molecule has 128 valence electrons. The van der Waals surface area contributed by atoms with Crippen molar-refractivity contribution in [2.24, 2.45) is 0 Å². The molecule has 2 amide bonds. The number of hydrogen-bond acceptors (Lipinski definition) is 4. The number of pyridine rings is 1. The van der Waals surface area contributed by atoms with Crippen LogP contribution in [0.5, 0.6) is 0 Å². The van der Waals surface area contributed by atoms with Crippen molar-refractivity contribution in [3.63, 3.8) is 0 Å². The first kappa shape index (κ1) is 17.7. The smallest absolute Gasteiger partial charge is 0.257 e. The minimum Gasteiger partial charge on any atom is -0.469 e. The number of carbonyl (C=O) groups is 2. The average molecular weight is 329 g/mol. The van der Waals surface area contributed by atoms with Crippen LogP contribution in [-0.2, 0) is 11.3 Å². The first-order chi connectivity index (χ1) is 11.6. The van der Waals surface area contributed by atoms with Crippen LogP contribution in [-0.4, -0.2) is 34.8 Å². The van der Waals surface area contributed by atoms with Crippen molar-refractivity contribution in [1.29, 1.82) is 0 Å². The molecule has 0 atom stereocenters. The van der Waals surface area contributed by atoms with Gasteiger partial charge in [0, 0.05) is 38.4 Å². The summed E-state index contributed by atoms with van der Waals surface area (Å²) in [6.07, 6.45) is 6.00. The zero-order valence-corrected chi connectivity index (χ0v) is 14.1. The molecule has 0 bridgehead atoms. The number of nitrogens with one attached hydrogen (secondary N) is 1. The van der Waals surface area contributed by atoms with E-state index in [1.54, 1.807) is 30.3 Å². The Hall–Kier alpha value is -2.63. The summed E-state index contributed by atoms with van der Waals surface area (Å²) in [5, 5.41) is 2.86. The van der Waals surface area contributed by atoms with E-state index in [-0.39, 0.29) is 18.2 Å². The van der Waals surface area contributed by atoms with Gasteiger partial charge in [-0.05, 0) is 37.1 Å². The van der Waals surface area contributed by atoms with Crippen molar-refractivity contribution < 1.29 is 14.0 Å². The molecule has 0 aliphatic heterocycles. The topological polar surface area (TPSA) is 75.4 Å². The Morgan fingerprint density at radius 1 is 1.21 bits per heavy atom. The van der Waals surface area contributed by atoms with Gasteiger partial charge in [-0.25, -0.2) is 0 Å². The van der Waals surface area contributed by atoms with E-state index < -0.39 is 0 Å². The lowest BCUT2D eigenvalue weighted by Gasteiger charge is -2.21. The zero-order valence-electron chi connectivity index (χ0n) is 14.1. The summed E-state index contributed by atoms with van der Waals surface area (Å²) in [5.74, 6) is 0.429. The van der Waals surface area contributed by atoms with Crippen LogP contribution in [0, 0.1) is 6.92 Å². The Kier molecular flexibility index (Phi) is 6.54. The van der Waals surface area contributed by atoms with Crippen molar-refractivity contribution in [3.05, 3.63) is 53.7 Å². The Morgan fingerprint density at radius 3 is 2.58 bits per heavy atom. The second kappa shape index (κ2) is 8.86. The number of aryl methyl sites for hydroxylation is 1. The Bertz CT molecular complexity index is 667. The molecule has 0 spiro atoms. The van der Waals surface area contributed by atoms with Gasteiger partial charge in [-0.3, -0.25) is 14.6 Å². The monoisotopic (exact) mass is 329 g/mol. The molecule has 2 aromatic heterocycles. The molecule has 0 saturated carbocycles. The maximum Gasteiger partial charge on any atom is 0.257 e. The fourth-order valence-electron chi connectivity index (χ4n) is 2.39. The van der Waals surface area contributed by atoms with Crippen LogP contribution >= 0.6 is 0 Å². The van der Waals surface area contributed by atoms with Gasteiger partial charge in [-0.1, -0.05) is 6.92 Å². The van der Waals surface area contributed by atoms with Crippen LogP contribution in [0.25, 0.3) is 0 Å². The molecule has 0 aliphatic carbocycles. The highest BCUT2D eigenvalue weighted by atomic mass is 16.3. The van der Waals surface area contributed by atoms with Crippen LogP contribution < -0.4 is 5.32 Å². The third-order valence-electron chi connectivity index (χ3n) is 3.72. The molecule has 0 radical (unpaired) electrons. The van der Waals surface area contributed by atoms with Gasteiger partial charge in [-0.2, -0.15) is 0 Å². The molecule has 0 saturated heterocycles. The Morgan fingerprint density at radius 2 is 1.96 bits per heavy atom. The largest absolute Gasteiger partial charge is 0.469 e. The van der Waals surface area contributed by atoms with Gasteiger partial charge in [0.25, 0.3) is 5.91 Å². The summed E-state index contributed by atoms with van der Waals surface area (Å²) in [7, 11) is 0. The molecule has 2 heterocycles. The predicted molar refractivity (Wildman–Crippen MR) is 90.3 cm³/mol. The van der Waals surface area contributed by atoms with Crippen LogP contribution in [0.4, 0.5) is 0 Å². The number of aromatic nitrogens is 1. The van der Waals surface area contributed by atoms with Gasteiger partial charge < -0.3 is 14.6 Å². The molecule has 0 unspecified atom stereocenters. The van der Waals surface area contributed by atoms with Gasteiger partial charge in [0.15, 0.2) is 0 Å². The molecule has 0 aromatic carbocycles. The molecular formula is C18H23N3O3. The highest BCUT2D eigenvalue weighted by Gasteiger charge is 2.19. The van der Waals surface area contributed by atoms with Crippen molar-refractivity contribution in [2.45, 2.75) is 33.2 Å². The molecule has 6 heteroatoms. The number of hydrogen-bond donors (Lipinski definition) is 1. The van der Waals surface area contributed by atoms with Crippen molar-refractivity contribution >= 4 is 11.8 Å². The van der Waals surface area contributed by atoms with Crippen molar-refractivity contribution in [1.82, 2.24) is 15.2 Å². The van der Waals surface area contributed by atoms with Gasteiger partial charge in [-0.15, -0.1) is 0 Å². The van der Waals surface area contributed by atoms with Gasteiger partial charge in [0.05, 0.1) is 11.8 Å². The van der Waals surface area contributed by atoms with E-state index in [0.29, 0.717) is 31.0 Å². The zero-order chi connectivity index (χ0) is 17.4. The molecule has 0 aliphatic rings. The summed E-state index contributed by atoms with van der Waals surface area (Å²) in [6, 6.07) is 5.38. The van der Waals surface area contributed by atoms with Gasteiger partial charge in [0.2, 0.25) is 5.91 Å². The van der Waals surface area contributed by atoms with Crippen LogP contribution in [0.2, 0.25) is 0 Å². The van der Waals surface area contributed by atoms with E-state index in [2.05, 4.69) is 10.3 Å². The molecule has 24 heavy (non-hydrogen) atoms. The third-order valence-corrected chi connectivity index (χ3v) is 3.72. The SMILES string of the molecule is CCCN(CCC(=O)NCc1ccncc1)C(=O)c1ccoc1C. The van der Waals surface area contributed by atoms with E-state index in [9.17, 15) is 9.59 Å². The Balaban J connectivity index is 1.85. The van der Waals surface area contributed by atoms with Crippen molar-refractivity contribution in [3.8, 4) is 0 Å². The quantitative estimate of drug-likeness (QED) is 0.807. The lowest BCUT2D eigenvalue weighted by molar-refractivity contribution is -0.121. The molecular weight excluding hydrogens is 306 g/mol. The predicted octanol–water partition coefficient (Wildman–Crippen LogP) is 2.54. The molecule has 2 rings (SSSR count). The standard InChI is InChI=1S/C18H23N3O3/c1-3-10-21(18(23)16-7-12-24-14(16)2)11-6-17(22)20-13-15-4-8-19-9-5-15/h4-5,7-9,12H,3,6,10-11,13H2,1-2H3,(H,20,22). The van der Waals surface area contributed by atoms with E-state index in [1.807, 2.05) is 19.1 Å². The maximum absolute atomic E-state index is 12.5. The van der Waals surface area contributed by atoms with Gasteiger partial charge in [0.1, 0.15) is 5.76 Å². The third kappa shape index (κ3) is 4.94. The second-order valence-electron chi connectivity index (χ2n) is 5.56. The van der Waals surface area contributed by atoms with E-state index in [1.165, 1.54) is 6.26 Å². The van der Waals surface area contributed by atoms with Gasteiger partial charge >= 0.3 is 0 Å². The molecule has 6 nitrogen and oxygen atoms in total. The summed E-state index contributed by atoms with van der Waals surface area (Å²) < 4.78 is 5.20. The maximum atomic E-state index is 12.5. The highest BCUT2D eigenvalue weighted by Crippen LogP contribution is 2.13. The summed E-state index contributed by atoms with van der Waals surface area (Å²) >= 11 is 0. The molecule has 1 N–H and O–H groups in total. The average Bonchev–Trinajstić information content (AvgIpc) is 3.03. The molecule has 2 aromatic rings. The minimum absolute atomic E-state index is 0.0790. The number of nitrogens with zero attached hydrogens (tertiary/aromatic N) is 2. The summed E-state index contributed by atoms with van der Waals surface area (Å²) in [4.78, 5) is 30.2. The highest BCUT2D eigenvalue weighted by molar-refractivity contribution is 5.95. The lowest BCUT2D eigenvalue weighted by atomic mass is 10.2. The first-order valence-corrected chi connectivity index (χ1v) is 8.10. The van der Waals surface area contributed by atoms with Crippen LogP contribution in [0.15, 0.2) is 41.3 Å². The fourth-order valence-corrected chi connectivity index (χ4v) is 2.39. The fraction of sp³-hybridized carbons (Fsp3) is 0.389. The van der Waals surface area contributed by atoms with E-state index in [4.69, 9.17) is 4.42 Å². The summed E-state index contributed by atoms with van der Waals surface area (Å²) in [5.41, 5.74) is 1.55. The molecule has 0 fully saturated rings. The first-order valence-electron chi connectivity index (χ1n) is 8.10. The number of amides is 2. The lowest BCUT2D eigenvalue weighted by Crippen LogP contribution is -2.35. The Labute approximate surface area is 141 Å². The normalized spacial score (nSPS) is 10.4. The van der Waals surface area contributed by atoms with Crippen LogP contribution in [0.1, 0.15) is 41.4 Å². The van der Waals surface area contributed by atoms with E-state index >= 15 is 0 Å². The number of furan rings is 1. The van der Waals surface area contributed by atoms with Crippen molar-refractivity contribution in [2.75, 3.05) is 13.1 Å². The minimum atomic E-state index is -0.0926. The second-order valence-corrected chi connectivity index (χ2v) is 5.56. The summed E-state index contributed by atoms with van der Waals surface area (Å²) in [6.45, 7) is 5.23. The van der Waals surface area contributed by atoms with Crippen LogP contribution in [0.3, 0.4) is 0 Å². The van der Waals surface area contributed by atoms with E-state index in [0.717, 1.165) is 12.0 Å². The number of rotatable bonds is 8.